The van der Waals surface area contributed by atoms with Gasteiger partial charge in [-0.25, -0.2) is 0 Å². The van der Waals surface area contributed by atoms with E-state index in [2.05, 4.69) is 0 Å². The Morgan fingerprint density at radius 1 is 1.26 bits per heavy atom. The number of nitrogens with zero attached hydrogens (tertiary/aromatic N) is 1. The topological polar surface area (TPSA) is 80.0 Å². The molecule has 1 aliphatic heterocycles. The zero-order valence-electron chi connectivity index (χ0n) is 12.5. The van der Waals surface area contributed by atoms with Gasteiger partial charge in [-0.15, -0.1) is 0 Å². The van der Waals surface area contributed by atoms with Gasteiger partial charge in [0.2, 0.25) is 0 Å². The van der Waals surface area contributed by atoms with E-state index in [1.165, 1.54) is 0 Å². The van der Waals surface area contributed by atoms with Gasteiger partial charge in [-0.1, -0.05) is 12.1 Å². The summed E-state index contributed by atoms with van der Waals surface area (Å²) >= 11 is 0. The molecule has 1 fully saturated rings. The van der Waals surface area contributed by atoms with E-state index in [-0.39, 0.29) is 12.3 Å². The highest BCUT2D eigenvalue weighted by molar-refractivity contribution is 5.95. The van der Waals surface area contributed by atoms with Crippen molar-refractivity contribution in [2.45, 2.75) is 12.5 Å². The number of morpholine rings is 1. The molecule has 0 aliphatic carbocycles. The second kappa shape index (κ2) is 6.66. The van der Waals surface area contributed by atoms with Crippen molar-refractivity contribution in [1.82, 2.24) is 4.90 Å². The fourth-order valence-electron chi connectivity index (χ4n) is 2.67. The average molecular weight is 315 g/mol. The van der Waals surface area contributed by atoms with Gasteiger partial charge < -0.3 is 19.2 Å². The van der Waals surface area contributed by atoms with Gasteiger partial charge >= 0.3 is 5.97 Å². The molecule has 1 atom stereocenters. The summed E-state index contributed by atoms with van der Waals surface area (Å²) in [7, 11) is 0. The van der Waals surface area contributed by atoms with Gasteiger partial charge in [0, 0.05) is 24.2 Å². The summed E-state index contributed by atoms with van der Waals surface area (Å²) < 4.78 is 10.5. The number of hydrogen-bond donors (Lipinski definition) is 1. The van der Waals surface area contributed by atoms with E-state index in [9.17, 15) is 9.59 Å². The van der Waals surface area contributed by atoms with Gasteiger partial charge in [-0.2, -0.15) is 0 Å². The molecule has 0 radical (unpaired) electrons. The highest BCUT2D eigenvalue weighted by Crippen LogP contribution is 2.22. The molecule has 1 aromatic heterocycles. The Bertz CT molecular complexity index is 695. The van der Waals surface area contributed by atoms with E-state index in [1.54, 1.807) is 23.5 Å². The zero-order chi connectivity index (χ0) is 16.2. The van der Waals surface area contributed by atoms with Crippen molar-refractivity contribution < 1.29 is 23.8 Å². The molecular weight excluding hydrogens is 298 g/mol. The minimum atomic E-state index is -0.925. The second-order valence-electron chi connectivity index (χ2n) is 5.43. The monoisotopic (exact) mass is 315 g/mol. The average Bonchev–Trinajstić information content (AvgIpc) is 3.08. The van der Waals surface area contributed by atoms with Crippen LogP contribution < -0.4 is 0 Å². The van der Waals surface area contributed by atoms with Gasteiger partial charge in [-0.3, -0.25) is 9.59 Å². The molecule has 6 heteroatoms. The van der Waals surface area contributed by atoms with E-state index < -0.39 is 12.1 Å². The molecule has 3 rings (SSSR count). The van der Waals surface area contributed by atoms with Crippen LogP contribution in [-0.2, 0) is 9.53 Å². The molecule has 2 aromatic rings. The van der Waals surface area contributed by atoms with Crippen LogP contribution in [0.15, 0.2) is 47.3 Å². The first-order chi connectivity index (χ1) is 11.1. The van der Waals surface area contributed by atoms with Gasteiger partial charge in [0.25, 0.3) is 5.91 Å². The lowest BCUT2D eigenvalue weighted by Gasteiger charge is -2.32. The molecule has 1 aliphatic rings. The largest absolute Gasteiger partial charge is 0.481 e. The molecule has 6 nitrogen and oxygen atoms in total. The fourth-order valence-corrected chi connectivity index (χ4v) is 2.67. The summed E-state index contributed by atoms with van der Waals surface area (Å²) in [6.07, 6.45) is 2.66. The quantitative estimate of drug-likeness (QED) is 0.936. The summed E-state index contributed by atoms with van der Waals surface area (Å²) in [5.74, 6) is -1.04. The van der Waals surface area contributed by atoms with Gasteiger partial charge in [0.15, 0.2) is 0 Å². The minimum absolute atomic E-state index is 0.0984. The number of aliphatic carboxylic acids is 1. The molecule has 1 N–H and O–H groups in total. The number of ether oxygens (including phenoxy) is 1. The molecule has 1 saturated heterocycles. The lowest BCUT2D eigenvalue weighted by atomic mass is 10.0. The number of amides is 1. The standard InChI is InChI=1S/C17H17NO5/c19-16(20)9-15-10-18(5-7-23-15)17(21)13-3-1-2-12(8-13)14-4-6-22-11-14/h1-4,6,8,11,15H,5,7,9-10H2,(H,19,20). The summed E-state index contributed by atoms with van der Waals surface area (Å²) in [5.41, 5.74) is 2.38. The predicted molar refractivity (Wildman–Crippen MR) is 82.0 cm³/mol. The number of rotatable bonds is 4. The molecule has 2 heterocycles. The Morgan fingerprint density at radius 3 is 2.87 bits per heavy atom. The molecule has 1 amide bonds. The highest BCUT2D eigenvalue weighted by Gasteiger charge is 2.26. The second-order valence-corrected chi connectivity index (χ2v) is 5.43. The zero-order valence-corrected chi connectivity index (χ0v) is 12.5. The highest BCUT2D eigenvalue weighted by atomic mass is 16.5. The van der Waals surface area contributed by atoms with Crippen LogP contribution >= 0.6 is 0 Å². The number of carbonyl (C=O) groups excluding carboxylic acids is 1. The molecule has 23 heavy (non-hydrogen) atoms. The van der Waals surface area contributed by atoms with Crippen LogP contribution in [0.1, 0.15) is 16.8 Å². The summed E-state index contributed by atoms with van der Waals surface area (Å²) in [4.78, 5) is 25.1. The van der Waals surface area contributed by atoms with Crippen LogP contribution in [0.2, 0.25) is 0 Å². The molecule has 1 unspecified atom stereocenters. The maximum Gasteiger partial charge on any atom is 0.306 e. The van der Waals surface area contributed by atoms with E-state index >= 15 is 0 Å². The number of furan rings is 1. The van der Waals surface area contributed by atoms with Crippen LogP contribution in [0.25, 0.3) is 11.1 Å². The van der Waals surface area contributed by atoms with Crippen LogP contribution in [0.4, 0.5) is 0 Å². The molecule has 1 aromatic carbocycles. The molecular formula is C17H17NO5. The number of hydrogen-bond acceptors (Lipinski definition) is 4. The number of carboxylic acid groups (broad SMARTS) is 1. The first-order valence-corrected chi connectivity index (χ1v) is 7.39. The summed E-state index contributed by atoms with van der Waals surface area (Å²) in [5, 5.41) is 8.86. The third-order valence-corrected chi connectivity index (χ3v) is 3.79. The first kappa shape index (κ1) is 15.3. The van der Waals surface area contributed by atoms with Crippen molar-refractivity contribution >= 4 is 11.9 Å². The van der Waals surface area contributed by atoms with E-state index in [1.807, 2.05) is 24.3 Å². The SMILES string of the molecule is O=C(O)CC1CN(C(=O)c2cccc(-c3ccoc3)c2)CCO1. The molecule has 0 bridgehead atoms. The van der Waals surface area contributed by atoms with Crippen LogP contribution in [0, 0.1) is 0 Å². The van der Waals surface area contributed by atoms with Crippen molar-refractivity contribution in [3.63, 3.8) is 0 Å². The van der Waals surface area contributed by atoms with Gasteiger partial charge in [0.1, 0.15) is 0 Å². The summed E-state index contributed by atoms with van der Waals surface area (Å²) in [6, 6.07) is 9.14. The normalized spacial score (nSPS) is 17.9. The Labute approximate surface area is 133 Å². The third-order valence-electron chi connectivity index (χ3n) is 3.79. The molecule has 120 valence electrons. The van der Waals surface area contributed by atoms with Crippen LogP contribution in [0.5, 0.6) is 0 Å². The molecule has 0 spiro atoms. The number of benzene rings is 1. The van der Waals surface area contributed by atoms with Crippen molar-refractivity contribution in [2.24, 2.45) is 0 Å². The van der Waals surface area contributed by atoms with E-state index in [0.717, 1.165) is 11.1 Å². The first-order valence-electron chi connectivity index (χ1n) is 7.39. The van der Waals surface area contributed by atoms with Gasteiger partial charge in [0.05, 0.1) is 31.7 Å². The lowest BCUT2D eigenvalue weighted by molar-refractivity contribution is -0.141. The van der Waals surface area contributed by atoms with Crippen molar-refractivity contribution in [1.29, 1.82) is 0 Å². The van der Waals surface area contributed by atoms with Gasteiger partial charge in [-0.05, 0) is 23.8 Å². The minimum Gasteiger partial charge on any atom is -0.481 e. The van der Waals surface area contributed by atoms with Crippen molar-refractivity contribution in [2.75, 3.05) is 19.7 Å². The Kier molecular flexibility index (Phi) is 4.43. The lowest BCUT2D eigenvalue weighted by Crippen LogP contribution is -2.46. The number of carbonyl (C=O) groups is 2. The Balaban J connectivity index is 1.75. The third kappa shape index (κ3) is 3.60. The predicted octanol–water partition coefficient (Wildman–Crippen LogP) is 2.26. The maximum absolute atomic E-state index is 12.7. The Hall–Kier alpha value is -2.60. The maximum atomic E-state index is 12.7. The number of carboxylic acids is 1. The van der Waals surface area contributed by atoms with Crippen molar-refractivity contribution in [3.8, 4) is 11.1 Å². The fraction of sp³-hybridized carbons (Fsp3) is 0.294. The van der Waals surface area contributed by atoms with Crippen molar-refractivity contribution in [3.05, 3.63) is 48.4 Å². The summed E-state index contributed by atoms with van der Waals surface area (Å²) in [6.45, 7) is 1.11. The molecule has 0 saturated carbocycles. The Morgan fingerprint density at radius 2 is 2.13 bits per heavy atom. The smallest absolute Gasteiger partial charge is 0.306 e. The van der Waals surface area contributed by atoms with Crippen LogP contribution in [-0.4, -0.2) is 47.7 Å². The van der Waals surface area contributed by atoms with Crippen LogP contribution in [0.3, 0.4) is 0 Å². The van der Waals surface area contributed by atoms with E-state index in [4.69, 9.17) is 14.3 Å². The van der Waals surface area contributed by atoms with E-state index in [0.29, 0.717) is 25.3 Å².